The van der Waals surface area contributed by atoms with Gasteiger partial charge < -0.3 is 10.5 Å². The highest BCUT2D eigenvalue weighted by Crippen LogP contribution is 2.06. The Kier molecular flexibility index (Phi) is 5.97. The van der Waals surface area contributed by atoms with Crippen LogP contribution >= 0.6 is 0 Å². The molecule has 0 radical (unpaired) electrons. The summed E-state index contributed by atoms with van der Waals surface area (Å²) in [5.74, 6) is 0.712. The predicted molar refractivity (Wildman–Crippen MR) is 67.4 cm³/mol. The summed E-state index contributed by atoms with van der Waals surface area (Å²) in [6.07, 6.45) is 2.54. The first-order chi connectivity index (χ1) is 8.11. The second-order valence-electron chi connectivity index (χ2n) is 4.97. The molecule has 1 fully saturated rings. The van der Waals surface area contributed by atoms with Crippen molar-refractivity contribution in [1.29, 1.82) is 0 Å². The van der Waals surface area contributed by atoms with E-state index in [1.54, 1.807) is 0 Å². The Morgan fingerprint density at radius 1 is 1.47 bits per heavy atom. The zero-order chi connectivity index (χ0) is 12.7. The van der Waals surface area contributed by atoms with Gasteiger partial charge >= 0.3 is 0 Å². The number of carbonyl (C=O) groups excluding carboxylic acids is 1. The third-order valence-electron chi connectivity index (χ3n) is 2.99. The van der Waals surface area contributed by atoms with Crippen molar-refractivity contribution >= 4 is 11.6 Å². The van der Waals surface area contributed by atoms with Gasteiger partial charge in [0.15, 0.2) is 0 Å². The van der Waals surface area contributed by atoms with Gasteiger partial charge in [0, 0.05) is 32.5 Å². The number of hydrogen-bond acceptors (Lipinski definition) is 4. The van der Waals surface area contributed by atoms with E-state index in [0.29, 0.717) is 12.5 Å². The smallest absolute Gasteiger partial charge is 0.234 e. The molecule has 0 aromatic heterocycles. The summed E-state index contributed by atoms with van der Waals surface area (Å²) in [6, 6.07) is 0. The van der Waals surface area contributed by atoms with E-state index in [-0.39, 0.29) is 5.91 Å². The lowest BCUT2D eigenvalue weighted by Crippen LogP contribution is -2.42. The third-order valence-corrected chi connectivity index (χ3v) is 2.99. The lowest BCUT2D eigenvalue weighted by atomic mass is 10.1. The Bertz CT molecular complexity index is 267. The highest BCUT2D eigenvalue weighted by atomic mass is 16.4. The number of hydrogen-bond donors (Lipinski definition) is 2. The topological polar surface area (TPSA) is 64.9 Å². The predicted octanol–water partition coefficient (Wildman–Crippen LogP) is 1.07. The molecular formula is C12H23N3O2. The number of amides is 1. The number of carbonyl (C=O) groups is 1. The summed E-state index contributed by atoms with van der Waals surface area (Å²) in [4.78, 5) is 13.7. The van der Waals surface area contributed by atoms with Gasteiger partial charge in [-0.25, -0.2) is 0 Å². The van der Waals surface area contributed by atoms with Gasteiger partial charge in [-0.05, 0) is 12.3 Å². The van der Waals surface area contributed by atoms with Crippen molar-refractivity contribution in [3.63, 3.8) is 0 Å². The maximum atomic E-state index is 11.6. The van der Waals surface area contributed by atoms with Crippen LogP contribution in [0.5, 0.6) is 0 Å². The molecule has 0 bridgehead atoms. The van der Waals surface area contributed by atoms with Gasteiger partial charge in [-0.3, -0.25) is 9.69 Å². The Hall–Kier alpha value is -1.10. The Balaban J connectivity index is 2.15. The molecule has 98 valence electrons. The van der Waals surface area contributed by atoms with Gasteiger partial charge in [0.05, 0.1) is 12.3 Å². The molecule has 0 aromatic carbocycles. The molecular weight excluding hydrogens is 218 g/mol. The fraction of sp³-hybridized carbons (Fsp3) is 0.833. The van der Waals surface area contributed by atoms with Crippen LogP contribution in [0.3, 0.4) is 0 Å². The Morgan fingerprint density at radius 3 is 2.65 bits per heavy atom. The minimum atomic E-state index is 0.0926. The van der Waals surface area contributed by atoms with Crippen LogP contribution in [-0.4, -0.2) is 47.9 Å². The first-order valence-corrected chi connectivity index (χ1v) is 6.30. The molecule has 17 heavy (non-hydrogen) atoms. The number of likely N-dealkylation sites (tertiary alicyclic amines) is 1. The summed E-state index contributed by atoms with van der Waals surface area (Å²) in [5, 5.41) is 14.8. The second-order valence-corrected chi connectivity index (χ2v) is 4.97. The van der Waals surface area contributed by atoms with Crippen LogP contribution in [0.1, 0.15) is 33.1 Å². The molecule has 1 saturated heterocycles. The van der Waals surface area contributed by atoms with Crippen LogP contribution in [0, 0.1) is 5.92 Å². The SMILES string of the molecule is CC(C)CCNC(=O)CN1CCC(=NO)CC1. The average molecular weight is 241 g/mol. The van der Waals surface area contributed by atoms with Crippen LogP contribution in [0.4, 0.5) is 0 Å². The molecule has 1 aliphatic rings. The van der Waals surface area contributed by atoms with E-state index in [4.69, 9.17) is 5.21 Å². The lowest BCUT2D eigenvalue weighted by Gasteiger charge is -2.26. The van der Waals surface area contributed by atoms with Crippen molar-refractivity contribution in [2.75, 3.05) is 26.2 Å². The molecule has 0 atom stereocenters. The monoisotopic (exact) mass is 241 g/mol. The maximum Gasteiger partial charge on any atom is 0.234 e. The summed E-state index contributed by atoms with van der Waals surface area (Å²) in [5.41, 5.74) is 0.835. The number of oxime groups is 1. The lowest BCUT2D eigenvalue weighted by molar-refractivity contribution is -0.122. The minimum absolute atomic E-state index is 0.0926. The quantitative estimate of drug-likeness (QED) is 0.559. The van der Waals surface area contributed by atoms with Crippen molar-refractivity contribution in [2.24, 2.45) is 11.1 Å². The van der Waals surface area contributed by atoms with Crippen molar-refractivity contribution in [1.82, 2.24) is 10.2 Å². The molecule has 1 heterocycles. The van der Waals surface area contributed by atoms with Gasteiger partial charge in [0.25, 0.3) is 0 Å². The normalized spacial score (nSPS) is 17.2. The van der Waals surface area contributed by atoms with Crippen molar-refractivity contribution < 1.29 is 10.0 Å². The molecule has 5 heteroatoms. The standard InChI is InChI=1S/C12H23N3O2/c1-10(2)3-6-13-12(16)9-15-7-4-11(14-17)5-8-15/h10,17H,3-9H2,1-2H3,(H,13,16). The van der Waals surface area contributed by atoms with Crippen molar-refractivity contribution in [3.8, 4) is 0 Å². The number of piperidine rings is 1. The van der Waals surface area contributed by atoms with Crippen molar-refractivity contribution in [2.45, 2.75) is 33.1 Å². The van der Waals surface area contributed by atoms with Crippen LogP contribution in [0.15, 0.2) is 5.16 Å². The van der Waals surface area contributed by atoms with Crippen molar-refractivity contribution in [3.05, 3.63) is 0 Å². The second kappa shape index (κ2) is 7.27. The van der Waals surface area contributed by atoms with E-state index in [1.165, 1.54) is 0 Å². The fourth-order valence-electron chi connectivity index (χ4n) is 1.83. The summed E-state index contributed by atoms with van der Waals surface area (Å²) in [7, 11) is 0. The third kappa shape index (κ3) is 5.68. The van der Waals surface area contributed by atoms with Crippen LogP contribution in [-0.2, 0) is 4.79 Å². The van der Waals surface area contributed by atoms with E-state index >= 15 is 0 Å². The van der Waals surface area contributed by atoms with Crippen LogP contribution in [0.25, 0.3) is 0 Å². The van der Waals surface area contributed by atoms with Gasteiger partial charge in [0.1, 0.15) is 0 Å². The number of nitrogens with one attached hydrogen (secondary N) is 1. The molecule has 5 nitrogen and oxygen atoms in total. The van der Waals surface area contributed by atoms with Crippen LogP contribution in [0.2, 0.25) is 0 Å². The summed E-state index contributed by atoms with van der Waals surface area (Å²) in [6.45, 7) is 7.11. The highest BCUT2D eigenvalue weighted by molar-refractivity contribution is 5.85. The molecule has 1 amide bonds. The molecule has 0 spiro atoms. The molecule has 1 aliphatic heterocycles. The van der Waals surface area contributed by atoms with Gasteiger partial charge in [-0.1, -0.05) is 19.0 Å². The largest absolute Gasteiger partial charge is 0.411 e. The fourth-order valence-corrected chi connectivity index (χ4v) is 1.83. The summed E-state index contributed by atoms with van der Waals surface area (Å²) < 4.78 is 0. The van der Waals surface area contributed by atoms with Gasteiger partial charge in [-0.2, -0.15) is 0 Å². The zero-order valence-corrected chi connectivity index (χ0v) is 10.8. The van der Waals surface area contributed by atoms with E-state index in [0.717, 1.165) is 44.6 Å². The molecule has 0 unspecified atom stereocenters. The molecule has 0 aromatic rings. The van der Waals surface area contributed by atoms with E-state index in [2.05, 4.69) is 29.2 Å². The van der Waals surface area contributed by atoms with Gasteiger partial charge in [-0.15, -0.1) is 0 Å². The Morgan fingerprint density at radius 2 is 2.12 bits per heavy atom. The summed E-state index contributed by atoms with van der Waals surface area (Å²) >= 11 is 0. The van der Waals surface area contributed by atoms with E-state index in [1.807, 2.05) is 0 Å². The zero-order valence-electron chi connectivity index (χ0n) is 10.8. The highest BCUT2D eigenvalue weighted by Gasteiger charge is 2.17. The Labute approximate surface area is 103 Å². The van der Waals surface area contributed by atoms with E-state index < -0.39 is 0 Å². The first-order valence-electron chi connectivity index (χ1n) is 6.30. The molecule has 1 rings (SSSR count). The number of rotatable bonds is 5. The van der Waals surface area contributed by atoms with Gasteiger partial charge in [0.2, 0.25) is 5.91 Å². The minimum Gasteiger partial charge on any atom is -0.411 e. The first kappa shape index (κ1) is 14.0. The molecule has 0 saturated carbocycles. The maximum absolute atomic E-state index is 11.6. The molecule has 0 aliphatic carbocycles. The van der Waals surface area contributed by atoms with E-state index in [9.17, 15) is 4.79 Å². The average Bonchev–Trinajstić information content (AvgIpc) is 2.29. The number of nitrogens with zero attached hydrogens (tertiary/aromatic N) is 2. The molecule has 2 N–H and O–H groups in total. The van der Waals surface area contributed by atoms with Crippen LogP contribution < -0.4 is 5.32 Å².